The number of carbonyl (C=O) groups excluding carboxylic acids is 3. The Morgan fingerprint density at radius 3 is 2.28 bits per heavy atom. The van der Waals surface area contributed by atoms with Gasteiger partial charge in [-0.25, -0.2) is 0 Å². The van der Waals surface area contributed by atoms with Crippen LogP contribution in [-0.4, -0.2) is 71.7 Å². The Morgan fingerprint density at radius 1 is 1.00 bits per heavy atom. The zero-order chi connectivity index (χ0) is 17.8. The number of hydrogen-bond donors (Lipinski definition) is 0. The van der Waals surface area contributed by atoms with E-state index >= 15 is 0 Å². The molecule has 3 amide bonds. The summed E-state index contributed by atoms with van der Waals surface area (Å²) in [5.41, 5.74) is 0.688. The molecule has 0 spiro atoms. The number of piperazine rings is 1. The highest BCUT2D eigenvalue weighted by Crippen LogP contribution is 2.22. The Bertz CT molecular complexity index is 639. The summed E-state index contributed by atoms with van der Waals surface area (Å²) in [7, 11) is 0. The van der Waals surface area contributed by atoms with Gasteiger partial charge in [0.25, 0.3) is 5.91 Å². The summed E-state index contributed by atoms with van der Waals surface area (Å²) in [4.78, 5) is 42.5. The molecule has 1 aromatic rings. The first-order valence-electron chi connectivity index (χ1n) is 9.01. The Hall–Kier alpha value is -2.37. The van der Waals surface area contributed by atoms with Gasteiger partial charge in [-0.2, -0.15) is 0 Å². The van der Waals surface area contributed by atoms with Crippen LogP contribution in [0.25, 0.3) is 0 Å². The van der Waals surface area contributed by atoms with E-state index < -0.39 is 0 Å². The van der Waals surface area contributed by atoms with E-state index in [2.05, 4.69) is 0 Å². The van der Waals surface area contributed by atoms with Crippen molar-refractivity contribution in [3.63, 3.8) is 0 Å². The first-order valence-corrected chi connectivity index (χ1v) is 9.01. The molecule has 2 saturated heterocycles. The van der Waals surface area contributed by atoms with Crippen LogP contribution in [0, 0.1) is 5.92 Å². The predicted molar refractivity (Wildman–Crippen MR) is 93.9 cm³/mol. The van der Waals surface area contributed by atoms with Gasteiger partial charge >= 0.3 is 0 Å². The second-order valence-electron chi connectivity index (χ2n) is 6.67. The lowest BCUT2D eigenvalue weighted by atomic mass is 9.94. The van der Waals surface area contributed by atoms with Crippen molar-refractivity contribution in [3.8, 4) is 0 Å². The third-order valence-electron chi connectivity index (χ3n) is 5.16. The van der Waals surface area contributed by atoms with Gasteiger partial charge in [-0.3, -0.25) is 14.4 Å². The number of piperidine rings is 1. The van der Waals surface area contributed by atoms with Crippen LogP contribution in [-0.2, 0) is 9.59 Å². The Kier molecular flexibility index (Phi) is 5.36. The second-order valence-corrected chi connectivity index (χ2v) is 6.67. The zero-order valence-electron chi connectivity index (χ0n) is 14.7. The minimum atomic E-state index is -0.0826. The maximum atomic E-state index is 12.7. The second kappa shape index (κ2) is 7.68. The predicted octanol–water partition coefficient (Wildman–Crippen LogP) is 1.23. The number of likely N-dealkylation sites (tertiary alicyclic amines) is 1. The molecule has 2 aliphatic rings. The summed E-state index contributed by atoms with van der Waals surface area (Å²) in [5.74, 6) is 0.0359. The molecule has 2 aliphatic heterocycles. The minimum absolute atomic E-state index is 0.0261. The molecular weight excluding hydrogens is 318 g/mol. The number of carbonyl (C=O) groups is 3. The largest absolute Gasteiger partial charge is 0.340 e. The molecule has 0 radical (unpaired) electrons. The van der Waals surface area contributed by atoms with Crippen LogP contribution in [0.2, 0.25) is 0 Å². The third kappa shape index (κ3) is 3.83. The van der Waals surface area contributed by atoms with E-state index in [9.17, 15) is 14.4 Å². The van der Waals surface area contributed by atoms with Gasteiger partial charge in [0.1, 0.15) is 0 Å². The van der Waals surface area contributed by atoms with Crippen molar-refractivity contribution >= 4 is 17.7 Å². The smallest absolute Gasteiger partial charge is 0.253 e. The van der Waals surface area contributed by atoms with Gasteiger partial charge in [-0.1, -0.05) is 18.2 Å². The lowest BCUT2D eigenvalue weighted by Gasteiger charge is -2.38. The van der Waals surface area contributed by atoms with E-state index in [0.717, 1.165) is 0 Å². The highest BCUT2D eigenvalue weighted by atomic mass is 16.2. The van der Waals surface area contributed by atoms with E-state index in [1.165, 1.54) is 0 Å². The van der Waals surface area contributed by atoms with Gasteiger partial charge in [0, 0.05) is 44.2 Å². The van der Waals surface area contributed by atoms with Gasteiger partial charge in [-0.05, 0) is 31.9 Å². The van der Waals surface area contributed by atoms with Crippen LogP contribution in [0.15, 0.2) is 30.3 Å². The van der Waals surface area contributed by atoms with E-state index in [4.69, 9.17) is 0 Å². The fraction of sp³-hybridized carbons (Fsp3) is 0.526. The molecule has 2 heterocycles. The first-order chi connectivity index (χ1) is 12.1. The fourth-order valence-electron chi connectivity index (χ4n) is 3.58. The molecule has 1 aromatic carbocycles. The zero-order valence-corrected chi connectivity index (χ0v) is 14.7. The molecule has 0 aliphatic carbocycles. The lowest BCUT2D eigenvalue weighted by molar-refractivity contribution is -0.148. The molecule has 0 saturated carbocycles. The number of hydrogen-bond acceptors (Lipinski definition) is 3. The fourth-order valence-corrected chi connectivity index (χ4v) is 3.58. The van der Waals surface area contributed by atoms with E-state index in [0.29, 0.717) is 51.1 Å². The molecule has 134 valence electrons. The molecular formula is C19H25N3O3. The van der Waals surface area contributed by atoms with E-state index in [-0.39, 0.29) is 30.2 Å². The molecule has 0 atom stereocenters. The van der Waals surface area contributed by atoms with E-state index in [1.807, 2.05) is 42.2 Å². The topological polar surface area (TPSA) is 60.9 Å². The summed E-state index contributed by atoms with van der Waals surface area (Å²) < 4.78 is 0. The van der Waals surface area contributed by atoms with Gasteiger partial charge in [-0.15, -0.1) is 0 Å². The van der Waals surface area contributed by atoms with Crippen molar-refractivity contribution in [3.05, 3.63) is 35.9 Å². The molecule has 0 bridgehead atoms. The normalized spacial score (nSPS) is 19.2. The standard InChI is InChI=1S/C19H25N3O3/c1-2-20-12-13-22(14-17(20)23)19(25)16-8-10-21(11-9-16)18(24)15-6-4-3-5-7-15/h3-7,16H,2,8-14H2,1H3. The summed E-state index contributed by atoms with van der Waals surface area (Å²) in [6.07, 6.45) is 1.33. The summed E-state index contributed by atoms with van der Waals surface area (Å²) in [6.45, 7) is 5.25. The molecule has 0 aromatic heterocycles. The highest BCUT2D eigenvalue weighted by molar-refractivity contribution is 5.94. The quantitative estimate of drug-likeness (QED) is 0.829. The lowest BCUT2D eigenvalue weighted by Crippen LogP contribution is -2.54. The molecule has 0 unspecified atom stereocenters. The number of amides is 3. The summed E-state index contributed by atoms with van der Waals surface area (Å²) in [6, 6.07) is 9.24. The molecule has 6 nitrogen and oxygen atoms in total. The van der Waals surface area contributed by atoms with E-state index in [1.54, 1.807) is 9.80 Å². The van der Waals surface area contributed by atoms with Crippen LogP contribution in [0.5, 0.6) is 0 Å². The Labute approximate surface area is 148 Å². The van der Waals surface area contributed by atoms with Crippen LogP contribution in [0.4, 0.5) is 0 Å². The van der Waals surface area contributed by atoms with Crippen molar-refractivity contribution in [2.45, 2.75) is 19.8 Å². The van der Waals surface area contributed by atoms with Crippen LogP contribution < -0.4 is 0 Å². The monoisotopic (exact) mass is 343 g/mol. The van der Waals surface area contributed by atoms with Gasteiger partial charge < -0.3 is 14.7 Å². The van der Waals surface area contributed by atoms with Gasteiger partial charge in [0.15, 0.2) is 0 Å². The molecule has 0 N–H and O–H groups in total. The number of benzene rings is 1. The minimum Gasteiger partial charge on any atom is -0.340 e. The average Bonchev–Trinajstić information content (AvgIpc) is 2.67. The number of rotatable bonds is 3. The first kappa shape index (κ1) is 17.5. The molecule has 2 fully saturated rings. The van der Waals surface area contributed by atoms with Gasteiger partial charge in [0.2, 0.25) is 11.8 Å². The third-order valence-corrected chi connectivity index (χ3v) is 5.16. The summed E-state index contributed by atoms with van der Waals surface area (Å²) >= 11 is 0. The van der Waals surface area contributed by atoms with Crippen LogP contribution in [0.3, 0.4) is 0 Å². The Morgan fingerprint density at radius 2 is 1.68 bits per heavy atom. The van der Waals surface area contributed by atoms with Crippen molar-refractivity contribution in [1.82, 2.24) is 14.7 Å². The highest BCUT2D eigenvalue weighted by Gasteiger charge is 2.33. The van der Waals surface area contributed by atoms with Crippen molar-refractivity contribution in [2.24, 2.45) is 5.92 Å². The maximum Gasteiger partial charge on any atom is 0.253 e. The molecule has 3 rings (SSSR count). The number of likely N-dealkylation sites (N-methyl/N-ethyl adjacent to an activating group) is 1. The van der Waals surface area contributed by atoms with Crippen LogP contribution in [0.1, 0.15) is 30.1 Å². The number of nitrogens with zero attached hydrogens (tertiary/aromatic N) is 3. The van der Waals surface area contributed by atoms with Crippen molar-refractivity contribution in [1.29, 1.82) is 0 Å². The molecule has 6 heteroatoms. The SMILES string of the molecule is CCN1CCN(C(=O)C2CCN(C(=O)c3ccccc3)CC2)CC1=O. The van der Waals surface area contributed by atoms with Crippen LogP contribution >= 0.6 is 0 Å². The van der Waals surface area contributed by atoms with Crippen molar-refractivity contribution in [2.75, 3.05) is 39.3 Å². The van der Waals surface area contributed by atoms with Crippen molar-refractivity contribution < 1.29 is 14.4 Å². The maximum absolute atomic E-state index is 12.7. The average molecular weight is 343 g/mol. The molecule has 25 heavy (non-hydrogen) atoms. The summed E-state index contributed by atoms with van der Waals surface area (Å²) in [5, 5.41) is 0. The van der Waals surface area contributed by atoms with Gasteiger partial charge in [0.05, 0.1) is 6.54 Å². The Balaban J connectivity index is 1.53.